The van der Waals surface area contributed by atoms with Crippen LogP contribution in [-0.4, -0.2) is 43.9 Å². The van der Waals surface area contributed by atoms with Crippen LogP contribution in [0.5, 0.6) is 0 Å². The molecule has 0 bridgehead atoms. The van der Waals surface area contributed by atoms with E-state index in [-0.39, 0.29) is 13.2 Å². The topological polar surface area (TPSA) is 87.2 Å². The number of aromatic nitrogens is 4. The Morgan fingerprint density at radius 2 is 0.867 bits per heavy atom. The van der Waals surface area contributed by atoms with Crippen LogP contribution in [0.1, 0.15) is 46.0 Å². The Morgan fingerprint density at radius 1 is 0.483 bits per heavy atom. The third-order valence-electron chi connectivity index (χ3n) is 11.3. The van der Waals surface area contributed by atoms with Gasteiger partial charge in [0.2, 0.25) is 0 Å². The van der Waals surface area contributed by atoms with Crippen LogP contribution in [-0.2, 0) is 9.47 Å². The van der Waals surface area contributed by atoms with Crippen molar-refractivity contribution >= 4 is 55.6 Å². The van der Waals surface area contributed by atoms with Gasteiger partial charge in [-0.15, -0.1) is 0 Å². The van der Waals surface area contributed by atoms with Crippen molar-refractivity contribution in [2.45, 2.75) is 27.7 Å². The van der Waals surface area contributed by atoms with Gasteiger partial charge < -0.3 is 18.3 Å². The van der Waals surface area contributed by atoms with E-state index in [0.717, 1.165) is 66.0 Å². The van der Waals surface area contributed by atoms with E-state index < -0.39 is 11.9 Å². The number of para-hydroxylation sites is 2. The summed E-state index contributed by atoms with van der Waals surface area (Å²) in [6.45, 7) is 8.12. The first-order chi connectivity index (χ1) is 29.4. The van der Waals surface area contributed by atoms with Gasteiger partial charge in [-0.3, -0.25) is 0 Å². The highest BCUT2D eigenvalue weighted by atomic mass is 16.5. The molecule has 5 aromatic heterocycles. The Bertz CT molecular complexity index is 3120. The molecule has 0 aliphatic rings. The molecule has 5 aromatic carbocycles. The molecule has 10 rings (SSSR count). The third-order valence-corrected chi connectivity index (χ3v) is 11.3. The summed E-state index contributed by atoms with van der Waals surface area (Å²) in [5.41, 5.74) is 11.4. The second-order valence-electron chi connectivity index (χ2n) is 15.0. The number of rotatable bonds is 8. The van der Waals surface area contributed by atoms with Crippen LogP contribution in [0, 0.1) is 13.8 Å². The van der Waals surface area contributed by atoms with E-state index in [1.54, 1.807) is 0 Å². The predicted octanol–water partition coefficient (Wildman–Crippen LogP) is 12.1. The molecule has 0 atom stereocenters. The number of aryl methyl sites for hydroxylation is 2. The molecule has 10 aromatic rings. The summed E-state index contributed by atoms with van der Waals surface area (Å²) in [6.07, 6.45) is 3.88. The smallest absolute Gasteiger partial charge is 0.355 e. The average Bonchev–Trinajstić information content (AvgIpc) is 3.81. The van der Waals surface area contributed by atoms with Crippen LogP contribution in [0.3, 0.4) is 0 Å². The summed E-state index contributed by atoms with van der Waals surface area (Å²) in [4.78, 5) is 40.1. The number of benzene rings is 5. The van der Waals surface area contributed by atoms with Crippen molar-refractivity contribution in [3.05, 3.63) is 168 Å². The lowest BCUT2D eigenvalue weighted by Gasteiger charge is -2.15. The van der Waals surface area contributed by atoms with E-state index in [1.807, 2.05) is 134 Å². The fourth-order valence-electron chi connectivity index (χ4n) is 8.64. The van der Waals surface area contributed by atoms with Crippen molar-refractivity contribution in [3.63, 3.8) is 0 Å². The highest BCUT2D eigenvalue weighted by Gasteiger charge is 2.34. The zero-order chi connectivity index (χ0) is 41.1. The van der Waals surface area contributed by atoms with Gasteiger partial charge in [-0.2, -0.15) is 0 Å². The van der Waals surface area contributed by atoms with Gasteiger partial charge >= 0.3 is 11.9 Å². The molecule has 0 aliphatic heterocycles. The zero-order valence-electron chi connectivity index (χ0n) is 33.7. The van der Waals surface area contributed by atoms with E-state index in [4.69, 9.17) is 19.4 Å². The summed E-state index contributed by atoms with van der Waals surface area (Å²) in [6, 6.07) is 44.6. The van der Waals surface area contributed by atoms with Crippen molar-refractivity contribution in [2.75, 3.05) is 13.2 Å². The van der Waals surface area contributed by atoms with E-state index in [2.05, 4.69) is 48.5 Å². The number of hydrogen-bond acceptors (Lipinski definition) is 6. The van der Waals surface area contributed by atoms with Crippen molar-refractivity contribution in [3.8, 4) is 44.8 Å². The maximum absolute atomic E-state index is 14.5. The molecule has 5 heterocycles. The first-order valence-electron chi connectivity index (χ1n) is 20.2. The molecular formula is C52H40N4O4. The SMILES string of the molecule is CCOC(=O)c1c(-c2ccc(C)cc2)c(-c2nc3ccccc3nc2-c2c(-c3ccc(C)cc3)c(C(=O)OCC)n3ccc4ccccc4c23)c2c3ccccc3ccn12. The lowest BCUT2D eigenvalue weighted by molar-refractivity contribution is 0.0510. The van der Waals surface area contributed by atoms with Crippen molar-refractivity contribution in [1.82, 2.24) is 18.8 Å². The summed E-state index contributed by atoms with van der Waals surface area (Å²) in [5.74, 6) is -0.907. The molecular weight excluding hydrogens is 745 g/mol. The largest absolute Gasteiger partial charge is 0.461 e. The molecule has 0 radical (unpaired) electrons. The zero-order valence-corrected chi connectivity index (χ0v) is 33.7. The highest BCUT2D eigenvalue weighted by Crippen LogP contribution is 2.50. The van der Waals surface area contributed by atoms with Gasteiger partial charge in [0, 0.05) is 45.4 Å². The van der Waals surface area contributed by atoms with Gasteiger partial charge in [-0.1, -0.05) is 120 Å². The third kappa shape index (κ3) is 5.82. The van der Waals surface area contributed by atoms with E-state index in [0.29, 0.717) is 44.9 Å². The number of ether oxygens (including phenoxy) is 2. The van der Waals surface area contributed by atoms with Crippen LogP contribution < -0.4 is 0 Å². The van der Waals surface area contributed by atoms with Crippen LogP contribution in [0.15, 0.2) is 146 Å². The van der Waals surface area contributed by atoms with Gasteiger partial charge in [0.25, 0.3) is 0 Å². The molecule has 292 valence electrons. The number of fused-ring (bicyclic) bond motifs is 7. The Kier molecular flexibility index (Phi) is 8.98. The Labute approximate surface area is 346 Å². The number of esters is 2. The number of carbonyl (C=O) groups excluding carboxylic acids is 2. The first-order valence-corrected chi connectivity index (χ1v) is 20.2. The fraction of sp³-hybridized carbons (Fsp3) is 0.115. The predicted molar refractivity (Wildman–Crippen MR) is 240 cm³/mol. The summed E-state index contributed by atoms with van der Waals surface area (Å²) in [5, 5.41) is 3.85. The van der Waals surface area contributed by atoms with Crippen molar-refractivity contribution in [1.29, 1.82) is 0 Å². The molecule has 0 aliphatic carbocycles. The van der Waals surface area contributed by atoms with Crippen molar-refractivity contribution in [2.24, 2.45) is 0 Å². The molecule has 60 heavy (non-hydrogen) atoms. The molecule has 0 N–H and O–H groups in total. The maximum Gasteiger partial charge on any atom is 0.355 e. The quantitative estimate of drug-likeness (QED) is 0.143. The van der Waals surface area contributed by atoms with Gasteiger partial charge in [-0.25, -0.2) is 19.6 Å². The number of pyridine rings is 2. The molecule has 0 saturated carbocycles. The second kappa shape index (κ2) is 14.7. The minimum atomic E-state index is -0.454. The Hall–Kier alpha value is -7.58. The monoisotopic (exact) mass is 784 g/mol. The average molecular weight is 785 g/mol. The molecule has 8 heteroatoms. The molecule has 8 nitrogen and oxygen atoms in total. The standard InChI is InChI=1S/C52H40N4O4/c1-5-59-51(57)49-41(35-23-19-31(3)20-24-35)43(47-37-15-9-7-13-33(37)27-29-55(47)49)45-46(54-40-18-12-11-17-39(40)53-45)44-42(36-25-21-32(4)22-26-36)50(52(58)60-6-2)56-30-28-34-14-8-10-16-38(34)48(44)56/h7-30H,5-6H2,1-4H3. The lowest BCUT2D eigenvalue weighted by atomic mass is 9.91. The van der Waals surface area contributed by atoms with Gasteiger partial charge in [0.05, 0.1) is 35.3 Å². The second-order valence-corrected chi connectivity index (χ2v) is 15.0. The Morgan fingerprint density at radius 3 is 1.27 bits per heavy atom. The van der Waals surface area contributed by atoms with Crippen LogP contribution in [0.25, 0.3) is 88.4 Å². The Balaban J connectivity index is 1.48. The van der Waals surface area contributed by atoms with E-state index >= 15 is 0 Å². The molecule has 0 spiro atoms. The first kappa shape index (κ1) is 36.7. The molecule has 0 fully saturated rings. The maximum atomic E-state index is 14.5. The van der Waals surface area contributed by atoms with Gasteiger partial charge in [-0.05, 0) is 73.9 Å². The fourth-order valence-corrected chi connectivity index (χ4v) is 8.64. The number of hydrogen-bond donors (Lipinski definition) is 0. The van der Waals surface area contributed by atoms with Crippen LogP contribution in [0.2, 0.25) is 0 Å². The normalized spacial score (nSPS) is 11.6. The van der Waals surface area contributed by atoms with E-state index in [9.17, 15) is 9.59 Å². The van der Waals surface area contributed by atoms with Crippen LogP contribution in [0.4, 0.5) is 0 Å². The minimum Gasteiger partial charge on any atom is -0.461 e. The van der Waals surface area contributed by atoms with Gasteiger partial charge in [0.1, 0.15) is 22.8 Å². The summed E-state index contributed by atoms with van der Waals surface area (Å²) in [7, 11) is 0. The van der Waals surface area contributed by atoms with Gasteiger partial charge in [0.15, 0.2) is 0 Å². The van der Waals surface area contributed by atoms with Crippen LogP contribution >= 0.6 is 0 Å². The van der Waals surface area contributed by atoms with Crippen molar-refractivity contribution < 1.29 is 19.1 Å². The molecule has 0 unspecified atom stereocenters. The summed E-state index contributed by atoms with van der Waals surface area (Å²) < 4.78 is 15.6. The molecule has 0 saturated heterocycles. The lowest BCUT2D eigenvalue weighted by Crippen LogP contribution is -2.09. The summed E-state index contributed by atoms with van der Waals surface area (Å²) >= 11 is 0. The number of nitrogens with zero attached hydrogens (tertiary/aromatic N) is 4. The molecule has 0 amide bonds. The van der Waals surface area contributed by atoms with E-state index in [1.165, 1.54) is 0 Å². The highest BCUT2D eigenvalue weighted by molar-refractivity contribution is 6.19. The number of carbonyl (C=O) groups is 2. The minimum absolute atomic E-state index is 0.198.